The monoisotopic (exact) mass is 327 g/mol. The highest BCUT2D eigenvalue weighted by molar-refractivity contribution is 5.79. The van der Waals surface area contributed by atoms with Gasteiger partial charge >= 0.3 is 5.69 Å². The van der Waals surface area contributed by atoms with Gasteiger partial charge in [-0.15, -0.1) is 0 Å². The molecule has 1 aliphatic heterocycles. The van der Waals surface area contributed by atoms with Gasteiger partial charge in [0.15, 0.2) is 5.65 Å². The number of fused-ring (bicyclic) bond motifs is 1. The summed E-state index contributed by atoms with van der Waals surface area (Å²) in [5.41, 5.74) is 3.94. The second-order valence-electron chi connectivity index (χ2n) is 6.26. The molecule has 0 bridgehead atoms. The van der Waals surface area contributed by atoms with Crippen molar-refractivity contribution in [3.05, 3.63) is 52.3 Å². The van der Waals surface area contributed by atoms with Gasteiger partial charge in [-0.3, -0.25) is 9.13 Å². The topological polar surface area (TPSA) is 49.1 Å². The Morgan fingerprint density at radius 1 is 1.38 bits per heavy atom. The maximum Gasteiger partial charge on any atom is 0.330 e. The fourth-order valence-electron chi connectivity index (χ4n) is 3.18. The summed E-state index contributed by atoms with van der Waals surface area (Å²) in [5, 5.41) is 0. The van der Waals surface area contributed by atoms with Crippen molar-refractivity contribution in [1.29, 1.82) is 0 Å². The zero-order chi connectivity index (χ0) is 16.8. The number of hydrogen-bond donors (Lipinski definition) is 0. The lowest BCUT2D eigenvalue weighted by Crippen LogP contribution is -2.35. The van der Waals surface area contributed by atoms with Gasteiger partial charge in [0.25, 0.3) is 0 Å². The average molecular weight is 327 g/mol. The van der Waals surface area contributed by atoms with Gasteiger partial charge in [-0.05, 0) is 42.7 Å². The maximum atomic E-state index is 13.3. The van der Waals surface area contributed by atoms with E-state index < -0.39 is 0 Å². The number of ether oxygens (including phenoxy) is 1. The van der Waals surface area contributed by atoms with E-state index in [-0.39, 0.29) is 17.6 Å². The van der Waals surface area contributed by atoms with Gasteiger partial charge in [-0.2, -0.15) is 0 Å². The normalized spacial score (nSPS) is 17.2. The van der Waals surface area contributed by atoms with Crippen molar-refractivity contribution in [2.75, 3.05) is 6.61 Å². The van der Waals surface area contributed by atoms with Crippen molar-refractivity contribution in [3.63, 3.8) is 0 Å². The quantitative estimate of drug-likeness (QED) is 0.743. The molecule has 2 aromatic heterocycles. The number of imidazole rings is 1. The Hall–Kier alpha value is -2.47. The number of benzene rings is 1. The molecule has 4 rings (SSSR count). The molecule has 6 heteroatoms. The summed E-state index contributed by atoms with van der Waals surface area (Å²) < 4.78 is 22.1. The minimum absolute atomic E-state index is 0.0875. The number of nitrogens with zero attached hydrogens (tertiary/aromatic N) is 3. The molecular weight excluding hydrogens is 309 g/mol. The highest BCUT2D eigenvalue weighted by Crippen LogP contribution is 2.26. The van der Waals surface area contributed by atoms with E-state index in [0.717, 1.165) is 35.2 Å². The van der Waals surface area contributed by atoms with Crippen LogP contribution in [0.4, 0.5) is 4.39 Å². The first-order valence-corrected chi connectivity index (χ1v) is 7.98. The van der Waals surface area contributed by atoms with Crippen molar-refractivity contribution in [1.82, 2.24) is 14.1 Å². The Morgan fingerprint density at radius 3 is 2.83 bits per heavy atom. The molecule has 3 heterocycles. The van der Waals surface area contributed by atoms with E-state index >= 15 is 0 Å². The van der Waals surface area contributed by atoms with Gasteiger partial charge in [0.05, 0.1) is 18.2 Å². The van der Waals surface area contributed by atoms with Crippen LogP contribution in [0.1, 0.15) is 12.0 Å². The van der Waals surface area contributed by atoms with Gasteiger partial charge in [-0.25, -0.2) is 14.2 Å². The third-order valence-corrected chi connectivity index (χ3v) is 4.65. The fourth-order valence-corrected chi connectivity index (χ4v) is 3.18. The van der Waals surface area contributed by atoms with Crippen LogP contribution in [-0.4, -0.2) is 26.8 Å². The average Bonchev–Trinajstić information content (AvgIpc) is 2.74. The molecule has 0 saturated carbocycles. The van der Waals surface area contributed by atoms with E-state index in [9.17, 15) is 9.18 Å². The second-order valence-corrected chi connectivity index (χ2v) is 6.26. The predicted molar refractivity (Wildman–Crippen MR) is 89.5 cm³/mol. The number of pyridine rings is 1. The van der Waals surface area contributed by atoms with Crippen LogP contribution < -0.4 is 5.69 Å². The molecule has 0 amide bonds. The highest BCUT2D eigenvalue weighted by atomic mass is 19.1. The van der Waals surface area contributed by atoms with Crippen LogP contribution in [0.25, 0.3) is 22.3 Å². The molecule has 1 atom stereocenters. The molecule has 0 spiro atoms. The third kappa shape index (κ3) is 2.34. The molecule has 0 unspecified atom stereocenters. The Balaban J connectivity index is 1.87. The molecule has 1 aromatic carbocycles. The number of hydrogen-bond acceptors (Lipinski definition) is 3. The zero-order valence-corrected chi connectivity index (χ0v) is 13.6. The van der Waals surface area contributed by atoms with E-state index in [0.29, 0.717) is 12.2 Å². The van der Waals surface area contributed by atoms with Crippen molar-refractivity contribution < 1.29 is 9.13 Å². The maximum absolute atomic E-state index is 13.3. The summed E-state index contributed by atoms with van der Waals surface area (Å²) in [6.07, 6.45) is 2.78. The molecule has 5 nitrogen and oxygen atoms in total. The van der Waals surface area contributed by atoms with Gasteiger partial charge in [-0.1, -0.05) is 6.07 Å². The van der Waals surface area contributed by atoms with E-state index in [1.807, 2.05) is 13.0 Å². The lowest BCUT2D eigenvalue weighted by atomic mass is 10.0. The second kappa shape index (κ2) is 5.56. The molecule has 24 heavy (non-hydrogen) atoms. The number of rotatable bonds is 3. The predicted octanol–water partition coefficient (Wildman–Crippen LogP) is 2.64. The van der Waals surface area contributed by atoms with Crippen LogP contribution in [0.3, 0.4) is 0 Å². The molecule has 0 radical (unpaired) electrons. The van der Waals surface area contributed by atoms with Gasteiger partial charge in [0, 0.05) is 25.4 Å². The summed E-state index contributed by atoms with van der Waals surface area (Å²) in [5.74, 6) is -0.260. The molecule has 3 aromatic rings. The Kier molecular flexibility index (Phi) is 3.49. The van der Waals surface area contributed by atoms with Crippen LogP contribution >= 0.6 is 0 Å². The summed E-state index contributed by atoms with van der Waals surface area (Å²) in [7, 11) is 1.72. The largest absolute Gasteiger partial charge is 0.376 e. The highest BCUT2D eigenvalue weighted by Gasteiger charge is 2.22. The van der Waals surface area contributed by atoms with E-state index in [1.165, 1.54) is 12.1 Å². The first kappa shape index (κ1) is 15.1. The first-order valence-electron chi connectivity index (χ1n) is 7.98. The summed E-state index contributed by atoms with van der Waals surface area (Å²) >= 11 is 0. The lowest BCUT2D eigenvalue weighted by molar-refractivity contribution is -0.0591. The summed E-state index contributed by atoms with van der Waals surface area (Å²) in [6.45, 7) is 3.15. The Labute approximate surface area is 138 Å². The van der Waals surface area contributed by atoms with Crippen LogP contribution in [0.5, 0.6) is 0 Å². The minimum atomic E-state index is -0.260. The molecule has 0 N–H and O–H groups in total. The molecule has 1 aliphatic rings. The zero-order valence-electron chi connectivity index (χ0n) is 13.6. The molecule has 1 fully saturated rings. The number of aromatic nitrogens is 3. The smallest absolute Gasteiger partial charge is 0.330 e. The molecule has 1 saturated heterocycles. The van der Waals surface area contributed by atoms with Crippen molar-refractivity contribution in [3.8, 4) is 11.1 Å². The van der Waals surface area contributed by atoms with Crippen LogP contribution in [0, 0.1) is 12.7 Å². The SMILES string of the molecule is Cc1cc(F)ccc1-c1cnc2c(c1)n(C[C@H]1CCO1)c(=O)n2C. The number of aryl methyl sites for hydroxylation is 2. The molecule has 0 aliphatic carbocycles. The fraction of sp³-hybridized carbons (Fsp3) is 0.333. The van der Waals surface area contributed by atoms with Gasteiger partial charge < -0.3 is 4.74 Å². The molecule has 124 valence electrons. The number of halogens is 1. The van der Waals surface area contributed by atoms with Crippen LogP contribution in [0.15, 0.2) is 35.3 Å². The van der Waals surface area contributed by atoms with Gasteiger partial charge in [0.2, 0.25) is 0 Å². The van der Waals surface area contributed by atoms with Crippen LogP contribution in [-0.2, 0) is 18.3 Å². The standard InChI is InChI=1S/C18H18FN3O2/c1-11-7-13(19)3-4-15(11)12-8-16-17(20-9-12)21(2)18(23)22(16)10-14-5-6-24-14/h3-4,7-9,14H,5-6,10H2,1-2H3/t14-/m1/s1. The van der Waals surface area contributed by atoms with E-state index in [4.69, 9.17) is 4.74 Å². The van der Waals surface area contributed by atoms with Gasteiger partial charge in [0.1, 0.15) is 5.82 Å². The minimum Gasteiger partial charge on any atom is -0.376 e. The van der Waals surface area contributed by atoms with E-state index in [1.54, 1.807) is 28.4 Å². The lowest BCUT2D eigenvalue weighted by Gasteiger charge is -2.26. The summed E-state index contributed by atoms with van der Waals surface area (Å²) in [4.78, 5) is 17.0. The Morgan fingerprint density at radius 2 is 2.17 bits per heavy atom. The van der Waals surface area contributed by atoms with E-state index in [2.05, 4.69) is 4.98 Å². The van der Waals surface area contributed by atoms with Crippen molar-refractivity contribution in [2.45, 2.75) is 26.0 Å². The molecular formula is C18H18FN3O2. The third-order valence-electron chi connectivity index (χ3n) is 4.65. The van der Waals surface area contributed by atoms with Crippen molar-refractivity contribution >= 4 is 11.2 Å². The Bertz CT molecular complexity index is 986. The van der Waals surface area contributed by atoms with Crippen LogP contribution in [0.2, 0.25) is 0 Å². The first-order chi connectivity index (χ1) is 11.5. The summed E-state index contributed by atoms with van der Waals surface area (Å²) in [6, 6.07) is 6.63. The van der Waals surface area contributed by atoms with Crippen molar-refractivity contribution in [2.24, 2.45) is 7.05 Å².